The number of aromatic nitrogens is 3. The van der Waals surface area contributed by atoms with Gasteiger partial charge in [0.15, 0.2) is 11.0 Å². The molecule has 1 heterocycles. The number of allylic oxidation sites excluding steroid dienone is 1. The van der Waals surface area contributed by atoms with Crippen LogP contribution < -0.4 is 0 Å². The Balaban J connectivity index is 1.79. The van der Waals surface area contributed by atoms with Crippen molar-refractivity contribution < 1.29 is 4.92 Å². The normalized spacial score (nSPS) is 11.4. The quantitative estimate of drug-likeness (QED) is 0.219. The summed E-state index contributed by atoms with van der Waals surface area (Å²) in [5, 5.41) is 20.3. The highest BCUT2D eigenvalue weighted by Gasteiger charge is 2.16. The minimum atomic E-state index is -0.412. The van der Waals surface area contributed by atoms with Gasteiger partial charge in [-0.15, -0.1) is 16.8 Å². The van der Waals surface area contributed by atoms with Gasteiger partial charge in [-0.25, -0.2) is 0 Å². The van der Waals surface area contributed by atoms with E-state index >= 15 is 0 Å². The largest absolute Gasteiger partial charge is 0.298 e. The second-order valence-corrected chi connectivity index (χ2v) is 8.69. The van der Waals surface area contributed by atoms with Crippen molar-refractivity contribution in [3.63, 3.8) is 0 Å². The maximum atomic E-state index is 10.9. The third-order valence-corrected chi connectivity index (χ3v) is 5.59. The smallest absolute Gasteiger partial charge is 0.269 e. The number of rotatable bonds is 7. The van der Waals surface area contributed by atoms with Crippen LogP contribution in [0.5, 0.6) is 0 Å². The fraction of sp³-hybridized carbons (Fsp3) is 0.273. The van der Waals surface area contributed by atoms with E-state index in [0.717, 1.165) is 16.5 Å². The Bertz CT molecular complexity index is 1000. The van der Waals surface area contributed by atoms with Gasteiger partial charge in [0.1, 0.15) is 0 Å². The minimum Gasteiger partial charge on any atom is -0.298 e. The van der Waals surface area contributed by atoms with Gasteiger partial charge in [0.2, 0.25) is 0 Å². The molecule has 0 atom stereocenters. The van der Waals surface area contributed by atoms with Crippen molar-refractivity contribution in [2.24, 2.45) is 0 Å². The number of nitro benzene ring substituents is 1. The number of non-ortho nitro benzene ring substituents is 1. The summed E-state index contributed by atoms with van der Waals surface area (Å²) < 4.78 is 1.97. The predicted molar refractivity (Wildman–Crippen MR) is 117 cm³/mol. The average Bonchev–Trinajstić information content (AvgIpc) is 3.09. The SMILES string of the molecule is C=CCn1c(SCc2ccc(C(C)(C)C)cc2)nnc1-c1ccc([N+](=O)[O-])cc1. The molecule has 29 heavy (non-hydrogen) atoms. The molecule has 0 saturated carbocycles. The lowest BCUT2D eigenvalue weighted by molar-refractivity contribution is -0.384. The van der Waals surface area contributed by atoms with Gasteiger partial charge in [-0.1, -0.05) is 62.9 Å². The van der Waals surface area contributed by atoms with Gasteiger partial charge in [-0.2, -0.15) is 0 Å². The Morgan fingerprint density at radius 1 is 1.10 bits per heavy atom. The number of hydrogen-bond donors (Lipinski definition) is 0. The molecule has 7 heteroatoms. The van der Waals surface area contributed by atoms with Crippen LogP contribution in [0.15, 0.2) is 66.3 Å². The molecule has 1 aromatic heterocycles. The van der Waals surface area contributed by atoms with E-state index in [0.29, 0.717) is 12.4 Å². The molecular weight excluding hydrogens is 384 g/mol. The van der Waals surface area contributed by atoms with Crippen LogP contribution in [-0.4, -0.2) is 19.7 Å². The van der Waals surface area contributed by atoms with Crippen LogP contribution in [0.2, 0.25) is 0 Å². The van der Waals surface area contributed by atoms with Crippen LogP contribution in [-0.2, 0) is 17.7 Å². The van der Waals surface area contributed by atoms with E-state index in [1.54, 1.807) is 30.0 Å². The Hall–Kier alpha value is -2.93. The highest BCUT2D eigenvalue weighted by atomic mass is 32.2. The predicted octanol–water partition coefficient (Wildman–Crippen LogP) is 5.63. The summed E-state index contributed by atoms with van der Waals surface area (Å²) >= 11 is 1.61. The zero-order valence-corrected chi connectivity index (χ0v) is 17.6. The van der Waals surface area contributed by atoms with Crippen LogP contribution >= 0.6 is 11.8 Å². The molecule has 0 aliphatic rings. The monoisotopic (exact) mass is 408 g/mol. The zero-order chi connectivity index (χ0) is 21.0. The first kappa shape index (κ1) is 20.8. The molecule has 0 radical (unpaired) electrons. The first-order valence-electron chi connectivity index (χ1n) is 9.30. The van der Waals surface area contributed by atoms with E-state index in [4.69, 9.17) is 0 Å². The van der Waals surface area contributed by atoms with Crippen molar-refractivity contribution in [2.45, 2.75) is 43.6 Å². The molecular formula is C22H24N4O2S. The van der Waals surface area contributed by atoms with E-state index in [1.165, 1.54) is 23.3 Å². The molecule has 3 rings (SSSR count). The van der Waals surface area contributed by atoms with Crippen LogP contribution in [0, 0.1) is 10.1 Å². The molecule has 0 saturated heterocycles. The Morgan fingerprint density at radius 2 is 1.76 bits per heavy atom. The van der Waals surface area contributed by atoms with Crippen molar-refractivity contribution >= 4 is 17.4 Å². The number of thioether (sulfide) groups is 1. The molecule has 0 fully saturated rings. The van der Waals surface area contributed by atoms with Crippen molar-refractivity contribution in [3.8, 4) is 11.4 Å². The van der Waals surface area contributed by atoms with E-state index in [2.05, 4.69) is 61.8 Å². The summed E-state index contributed by atoms with van der Waals surface area (Å²) in [6.07, 6.45) is 1.79. The first-order valence-corrected chi connectivity index (χ1v) is 10.3. The fourth-order valence-corrected chi connectivity index (χ4v) is 3.79. The molecule has 6 nitrogen and oxygen atoms in total. The molecule has 0 aliphatic heterocycles. The van der Waals surface area contributed by atoms with Gasteiger partial charge in [0.05, 0.1) is 4.92 Å². The second-order valence-electron chi connectivity index (χ2n) is 7.75. The van der Waals surface area contributed by atoms with Crippen LogP contribution in [0.3, 0.4) is 0 Å². The first-order chi connectivity index (χ1) is 13.8. The van der Waals surface area contributed by atoms with Gasteiger partial charge in [0.25, 0.3) is 5.69 Å². The number of nitro groups is 1. The maximum Gasteiger partial charge on any atom is 0.269 e. The molecule has 0 aliphatic carbocycles. The van der Waals surface area contributed by atoms with Gasteiger partial charge >= 0.3 is 0 Å². The van der Waals surface area contributed by atoms with E-state index < -0.39 is 4.92 Å². The standard InChI is InChI=1S/C22H24N4O2S/c1-5-14-25-20(17-8-12-19(13-9-17)26(27)28)23-24-21(25)29-15-16-6-10-18(11-7-16)22(2,3)4/h5-13H,1,14-15H2,2-4H3. The lowest BCUT2D eigenvalue weighted by Crippen LogP contribution is -2.10. The highest BCUT2D eigenvalue weighted by Crippen LogP contribution is 2.28. The van der Waals surface area contributed by atoms with E-state index in [9.17, 15) is 10.1 Å². The summed E-state index contributed by atoms with van der Waals surface area (Å²) in [5.74, 6) is 1.45. The summed E-state index contributed by atoms with van der Waals surface area (Å²) in [7, 11) is 0. The lowest BCUT2D eigenvalue weighted by Gasteiger charge is -2.19. The second kappa shape index (κ2) is 8.61. The summed E-state index contributed by atoms with van der Waals surface area (Å²) in [6, 6.07) is 15.0. The van der Waals surface area contributed by atoms with Crippen molar-refractivity contribution in [3.05, 3.63) is 82.4 Å². The van der Waals surface area contributed by atoms with Crippen molar-refractivity contribution in [2.75, 3.05) is 0 Å². The highest BCUT2D eigenvalue weighted by molar-refractivity contribution is 7.98. The molecule has 3 aromatic rings. The van der Waals surface area contributed by atoms with Gasteiger partial charge in [-0.3, -0.25) is 14.7 Å². The number of benzene rings is 2. The molecule has 150 valence electrons. The summed E-state index contributed by atoms with van der Waals surface area (Å²) in [5.41, 5.74) is 3.49. The van der Waals surface area contributed by atoms with Gasteiger partial charge in [-0.05, 0) is 28.7 Å². The third-order valence-electron chi connectivity index (χ3n) is 4.55. The zero-order valence-electron chi connectivity index (χ0n) is 16.8. The Morgan fingerprint density at radius 3 is 2.31 bits per heavy atom. The maximum absolute atomic E-state index is 10.9. The molecule has 0 unspecified atom stereocenters. The third kappa shape index (κ3) is 4.92. The molecule has 2 aromatic carbocycles. The Labute approximate surface area is 174 Å². The van der Waals surface area contributed by atoms with E-state index in [-0.39, 0.29) is 11.1 Å². The molecule has 0 bridgehead atoms. The van der Waals surface area contributed by atoms with E-state index in [1.807, 2.05) is 4.57 Å². The number of nitrogens with zero attached hydrogens (tertiary/aromatic N) is 4. The fourth-order valence-electron chi connectivity index (χ4n) is 2.88. The molecule has 0 N–H and O–H groups in total. The molecule has 0 amide bonds. The van der Waals surface area contributed by atoms with Crippen LogP contribution in [0.1, 0.15) is 31.9 Å². The van der Waals surface area contributed by atoms with Gasteiger partial charge in [0, 0.05) is 30.0 Å². The lowest BCUT2D eigenvalue weighted by atomic mass is 9.87. The average molecular weight is 409 g/mol. The van der Waals surface area contributed by atoms with Crippen LogP contribution in [0.25, 0.3) is 11.4 Å². The Kier molecular flexibility index (Phi) is 6.17. The summed E-state index contributed by atoms with van der Waals surface area (Å²) in [4.78, 5) is 10.5. The van der Waals surface area contributed by atoms with Crippen LogP contribution in [0.4, 0.5) is 5.69 Å². The van der Waals surface area contributed by atoms with Gasteiger partial charge < -0.3 is 0 Å². The minimum absolute atomic E-state index is 0.0526. The summed E-state index contributed by atoms with van der Waals surface area (Å²) in [6.45, 7) is 11.0. The number of hydrogen-bond acceptors (Lipinski definition) is 5. The molecule has 0 spiro atoms. The van der Waals surface area contributed by atoms with Crippen molar-refractivity contribution in [1.29, 1.82) is 0 Å². The topological polar surface area (TPSA) is 73.8 Å². The van der Waals surface area contributed by atoms with Crippen molar-refractivity contribution in [1.82, 2.24) is 14.8 Å².